The predicted octanol–water partition coefficient (Wildman–Crippen LogP) is 3.57. The van der Waals surface area contributed by atoms with E-state index in [9.17, 15) is 9.59 Å². The van der Waals surface area contributed by atoms with Gasteiger partial charge in [-0.1, -0.05) is 32.4 Å². The zero-order valence-corrected chi connectivity index (χ0v) is 13.2. The molecule has 116 valence electrons. The first kappa shape index (κ1) is 17.3. The van der Waals surface area contributed by atoms with Crippen molar-refractivity contribution in [3.05, 3.63) is 23.2 Å². The normalized spacial score (nSPS) is 11.0. The first-order valence-corrected chi connectivity index (χ1v) is 6.99. The van der Waals surface area contributed by atoms with Crippen LogP contribution in [-0.2, 0) is 9.59 Å². The number of halogens is 1. The van der Waals surface area contributed by atoms with Gasteiger partial charge in [0.2, 0.25) is 5.91 Å². The zero-order chi connectivity index (χ0) is 16.0. The van der Waals surface area contributed by atoms with Crippen LogP contribution in [0, 0.1) is 5.41 Å². The van der Waals surface area contributed by atoms with Gasteiger partial charge in [-0.05, 0) is 30.0 Å². The predicted molar refractivity (Wildman–Crippen MR) is 81.9 cm³/mol. The molecule has 0 aliphatic rings. The fraction of sp³-hybridized carbons (Fsp3) is 0.467. The first-order chi connectivity index (χ1) is 9.67. The molecular formula is C15H20ClNO4. The molecule has 1 aromatic carbocycles. The summed E-state index contributed by atoms with van der Waals surface area (Å²) in [5.41, 5.74) is 0.658. The standard InChI is InChI=1S/C15H20ClNO4/c1-15(2,3)7-6-13(18)17-10-4-5-12(11(16)8-10)21-9-14(19)20/h4-5,8H,6-7,9H2,1-3H3,(H,17,18)(H,19,20). The molecule has 0 aliphatic carbocycles. The van der Waals surface area contributed by atoms with Crippen LogP contribution in [0.25, 0.3) is 0 Å². The lowest BCUT2D eigenvalue weighted by atomic mass is 9.90. The Kier molecular flexibility index (Phi) is 6.03. The Bertz CT molecular complexity index is 523. The van der Waals surface area contributed by atoms with E-state index in [1.54, 1.807) is 6.07 Å². The first-order valence-electron chi connectivity index (χ1n) is 6.61. The third kappa shape index (κ3) is 6.99. The molecule has 0 unspecified atom stereocenters. The molecule has 0 aliphatic heterocycles. The van der Waals surface area contributed by atoms with Gasteiger partial charge in [0.15, 0.2) is 6.61 Å². The lowest BCUT2D eigenvalue weighted by Crippen LogP contribution is -2.15. The third-order valence-corrected chi connectivity index (χ3v) is 2.96. The van der Waals surface area contributed by atoms with Crippen LogP contribution in [-0.4, -0.2) is 23.6 Å². The number of benzene rings is 1. The van der Waals surface area contributed by atoms with E-state index < -0.39 is 12.6 Å². The Labute approximate surface area is 129 Å². The van der Waals surface area contributed by atoms with Crippen molar-refractivity contribution in [2.24, 2.45) is 5.41 Å². The second-order valence-corrected chi connectivity index (χ2v) is 6.34. The summed E-state index contributed by atoms with van der Waals surface area (Å²) in [6.45, 7) is 5.76. The molecule has 1 rings (SSSR count). The Balaban J connectivity index is 2.59. The SMILES string of the molecule is CC(C)(C)CCC(=O)Nc1ccc(OCC(=O)O)c(Cl)c1. The lowest BCUT2D eigenvalue weighted by Gasteiger charge is -2.17. The van der Waals surface area contributed by atoms with Gasteiger partial charge in [0.1, 0.15) is 5.75 Å². The molecule has 0 aromatic heterocycles. The number of amides is 1. The molecule has 0 bridgehead atoms. The molecule has 0 heterocycles. The van der Waals surface area contributed by atoms with Gasteiger partial charge in [0.05, 0.1) is 5.02 Å². The minimum absolute atomic E-state index is 0.0832. The van der Waals surface area contributed by atoms with E-state index in [1.807, 2.05) is 0 Å². The van der Waals surface area contributed by atoms with Gasteiger partial charge >= 0.3 is 5.97 Å². The van der Waals surface area contributed by atoms with E-state index >= 15 is 0 Å². The van der Waals surface area contributed by atoms with Crippen LogP contribution in [0.3, 0.4) is 0 Å². The van der Waals surface area contributed by atoms with Crippen molar-refractivity contribution < 1.29 is 19.4 Å². The molecule has 0 saturated heterocycles. The van der Waals surface area contributed by atoms with Gasteiger partial charge < -0.3 is 15.2 Å². The number of carboxylic acid groups (broad SMARTS) is 1. The fourth-order valence-corrected chi connectivity index (χ4v) is 1.78. The number of aliphatic carboxylic acids is 1. The molecule has 0 spiro atoms. The Hall–Kier alpha value is -1.75. The van der Waals surface area contributed by atoms with Crippen molar-refractivity contribution in [2.45, 2.75) is 33.6 Å². The number of rotatable bonds is 6. The highest BCUT2D eigenvalue weighted by Crippen LogP contribution is 2.28. The van der Waals surface area contributed by atoms with Gasteiger partial charge in [0.25, 0.3) is 0 Å². The van der Waals surface area contributed by atoms with Crippen molar-refractivity contribution in [3.8, 4) is 5.75 Å². The summed E-state index contributed by atoms with van der Waals surface area (Å²) < 4.78 is 5.01. The van der Waals surface area contributed by atoms with Crippen LogP contribution < -0.4 is 10.1 Å². The minimum atomic E-state index is -1.08. The zero-order valence-electron chi connectivity index (χ0n) is 12.4. The van der Waals surface area contributed by atoms with E-state index in [-0.39, 0.29) is 22.1 Å². The quantitative estimate of drug-likeness (QED) is 0.842. The second-order valence-electron chi connectivity index (χ2n) is 5.94. The van der Waals surface area contributed by atoms with Gasteiger partial charge in [0, 0.05) is 12.1 Å². The summed E-state index contributed by atoms with van der Waals surface area (Å²) in [7, 11) is 0. The van der Waals surface area contributed by atoms with Crippen molar-refractivity contribution in [2.75, 3.05) is 11.9 Å². The van der Waals surface area contributed by atoms with E-state index in [4.69, 9.17) is 21.4 Å². The second kappa shape index (κ2) is 7.31. The molecule has 6 heteroatoms. The molecule has 21 heavy (non-hydrogen) atoms. The molecule has 5 nitrogen and oxygen atoms in total. The highest BCUT2D eigenvalue weighted by Gasteiger charge is 2.13. The number of hydrogen-bond donors (Lipinski definition) is 2. The van der Waals surface area contributed by atoms with Gasteiger partial charge in [-0.15, -0.1) is 0 Å². The highest BCUT2D eigenvalue weighted by atomic mass is 35.5. The van der Waals surface area contributed by atoms with Gasteiger partial charge in [-0.2, -0.15) is 0 Å². The van der Waals surface area contributed by atoms with Crippen LogP contribution in [0.1, 0.15) is 33.6 Å². The molecule has 2 N–H and O–H groups in total. The molecule has 1 amide bonds. The van der Waals surface area contributed by atoms with E-state index in [2.05, 4.69) is 26.1 Å². The summed E-state index contributed by atoms with van der Waals surface area (Å²) in [5.74, 6) is -0.891. The van der Waals surface area contributed by atoms with Crippen LogP contribution >= 0.6 is 11.6 Å². The van der Waals surface area contributed by atoms with Crippen molar-refractivity contribution >= 4 is 29.2 Å². The molecule has 1 aromatic rings. The van der Waals surface area contributed by atoms with Gasteiger partial charge in [-0.3, -0.25) is 4.79 Å². The number of hydrogen-bond acceptors (Lipinski definition) is 3. The fourth-order valence-electron chi connectivity index (χ4n) is 1.55. The van der Waals surface area contributed by atoms with Crippen molar-refractivity contribution in [3.63, 3.8) is 0 Å². The maximum atomic E-state index is 11.8. The molecule has 0 atom stereocenters. The van der Waals surface area contributed by atoms with Crippen LogP contribution in [0.15, 0.2) is 18.2 Å². The monoisotopic (exact) mass is 313 g/mol. The van der Waals surface area contributed by atoms with E-state index in [1.165, 1.54) is 12.1 Å². The van der Waals surface area contributed by atoms with Crippen LogP contribution in [0.5, 0.6) is 5.75 Å². The Morgan fingerprint density at radius 1 is 1.33 bits per heavy atom. The number of ether oxygens (including phenoxy) is 1. The number of carbonyl (C=O) groups excluding carboxylic acids is 1. The smallest absolute Gasteiger partial charge is 0.341 e. The Morgan fingerprint density at radius 3 is 2.52 bits per heavy atom. The number of anilines is 1. The maximum Gasteiger partial charge on any atom is 0.341 e. The van der Waals surface area contributed by atoms with Gasteiger partial charge in [-0.25, -0.2) is 4.79 Å². The average molecular weight is 314 g/mol. The number of carboxylic acids is 1. The third-order valence-electron chi connectivity index (χ3n) is 2.67. The van der Waals surface area contributed by atoms with Crippen molar-refractivity contribution in [1.82, 2.24) is 0 Å². The molecular weight excluding hydrogens is 294 g/mol. The van der Waals surface area contributed by atoms with Crippen LogP contribution in [0.2, 0.25) is 5.02 Å². The van der Waals surface area contributed by atoms with E-state index in [0.717, 1.165) is 6.42 Å². The summed E-state index contributed by atoms with van der Waals surface area (Å²) in [6.07, 6.45) is 1.21. The molecule has 0 saturated carbocycles. The molecule has 0 radical (unpaired) electrons. The molecule has 0 fully saturated rings. The summed E-state index contributed by atoms with van der Waals surface area (Å²) >= 11 is 5.98. The summed E-state index contributed by atoms with van der Waals surface area (Å²) in [6, 6.07) is 4.69. The van der Waals surface area contributed by atoms with Crippen LogP contribution in [0.4, 0.5) is 5.69 Å². The average Bonchev–Trinajstić information content (AvgIpc) is 2.34. The van der Waals surface area contributed by atoms with Crippen molar-refractivity contribution in [1.29, 1.82) is 0 Å². The number of nitrogens with one attached hydrogen (secondary N) is 1. The Morgan fingerprint density at radius 2 is 2.00 bits per heavy atom. The van der Waals surface area contributed by atoms with E-state index in [0.29, 0.717) is 12.1 Å². The minimum Gasteiger partial charge on any atom is -0.480 e. The largest absolute Gasteiger partial charge is 0.480 e. The summed E-state index contributed by atoms with van der Waals surface area (Å²) in [5, 5.41) is 11.5. The number of carbonyl (C=O) groups is 2. The summed E-state index contributed by atoms with van der Waals surface area (Å²) in [4.78, 5) is 22.2. The highest BCUT2D eigenvalue weighted by molar-refractivity contribution is 6.32. The maximum absolute atomic E-state index is 11.8. The topological polar surface area (TPSA) is 75.6 Å². The lowest BCUT2D eigenvalue weighted by molar-refractivity contribution is -0.139.